The number of carbonyl (C=O) groups excluding carboxylic acids is 1. The second kappa shape index (κ2) is 26.0. The second-order valence-electron chi connectivity index (χ2n) is 15.7. The molecule has 0 spiro atoms. The average molecular weight is 819 g/mol. The van der Waals surface area contributed by atoms with Gasteiger partial charge in [-0.3, -0.25) is 0 Å². The standard InChI is InChI=1S/C50H70N6O4/c1-9-15-18-38(12-4)33-58-36(7)41-21-27-44(28-22-41)51-48-54-49(52-45-29-23-42(24-30-45)37(8)59-34-39(13-5)19-16-10-2)56-50(55-48)53-46-31-25-43(26-32-46)47(57)60-35-40(14-6)20-17-11-3/h21-32,38-40H,7-20,33-35H2,1-6H3,(H3,51,52,53,54,55,56). The van der Waals surface area contributed by atoms with E-state index in [0.717, 1.165) is 73.9 Å². The third-order valence-electron chi connectivity index (χ3n) is 11.0. The molecule has 3 unspecified atom stereocenters. The van der Waals surface area contributed by atoms with Crippen molar-refractivity contribution in [1.82, 2.24) is 15.0 Å². The van der Waals surface area contributed by atoms with Gasteiger partial charge >= 0.3 is 5.97 Å². The van der Waals surface area contributed by atoms with Crippen LogP contribution >= 0.6 is 0 Å². The van der Waals surface area contributed by atoms with Gasteiger partial charge in [0, 0.05) is 28.2 Å². The molecule has 10 nitrogen and oxygen atoms in total. The molecule has 1 aromatic heterocycles. The predicted molar refractivity (Wildman–Crippen MR) is 249 cm³/mol. The van der Waals surface area contributed by atoms with Gasteiger partial charge in [-0.1, -0.05) is 112 Å². The van der Waals surface area contributed by atoms with Gasteiger partial charge in [-0.2, -0.15) is 15.0 Å². The maximum atomic E-state index is 12.9. The van der Waals surface area contributed by atoms with Gasteiger partial charge in [-0.25, -0.2) is 4.79 Å². The molecule has 3 N–H and O–H groups in total. The van der Waals surface area contributed by atoms with Gasteiger partial charge in [0.15, 0.2) is 0 Å². The van der Waals surface area contributed by atoms with E-state index in [1.165, 1.54) is 25.7 Å². The first-order chi connectivity index (χ1) is 29.2. The molecule has 0 aliphatic rings. The number of unbranched alkanes of at least 4 members (excludes halogenated alkanes) is 3. The molecule has 3 atom stereocenters. The average Bonchev–Trinajstić information content (AvgIpc) is 3.27. The zero-order valence-electron chi connectivity index (χ0n) is 37.2. The number of ether oxygens (including phenoxy) is 3. The van der Waals surface area contributed by atoms with Gasteiger partial charge in [0.1, 0.15) is 11.5 Å². The van der Waals surface area contributed by atoms with E-state index in [1.54, 1.807) is 12.1 Å². The molecule has 0 fully saturated rings. The van der Waals surface area contributed by atoms with Crippen LogP contribution in [0, 0.1) is 17.8 Å². The first kappa shape index (κ1) is 47.3. The summed E-state index contributed by atoms with van der Waals surface area (Å²) < 4.78 is 17.9. The van der Waals surface area contributed by atoms with Crippen LogP contribution in [0.4, 0.5) is 34.9 Å². The molecule has 4 aromatic rings. The summed E-state index contributed by atoms with van der Waals surface area (Å²) in [5.74, 6) is 3.39. The minimum atomic E-state index is -0.328. The molecule has 0 saturated carbocycles. The highest BCUT2D eigenvalue weighted by molar-refractivity contribution is 5.90. The van der Waals surface area contributed by atoms with E-state index in [4.69, 9.17) is 29.2 Å². The van der Waals surface area contributed by atoms with Crippen molar-refractivity contribution in [3.05, 3.63) is 103 Å². The van der Waals surface area contributed by atoms with Crippen molar-refractivity contribution in [2.24, 2.45) is 17.8 Å². The van der Waals surface area contributed by atoms with Gasteiger partial charge in [0.2, 0.25) is 17.8 Å². The first-order valence-corrected chi connectivity index (χ1v) is 22.4. The molecule has 0 amide bonds. The van der Waals surface area contributed by atoms with Crippen molar-refractivity contribution in [2.45, 2.75) is 119 Å². The Labute approximate surface area is 360 Å². The number of hydrogen-bond donors (Lipinski definition) is 3. The minimum absolute atomic E-state index is 0.311. The van der Waals surface area contributed by atoms with Crippen molar-refractivity contribution in [3.8, 4) is 0 Å². The van der Waals surface area contributed by atoms with Crippen LogP contribution < -0.4 is 16.0 Å². The Kier molecular flexibility index (Phi) is 20.5. The molecule has 60 heavy (non-hydrogen) atoms. The third-order valence-corrected chi connectivity index (χ3v) is 11.0. The first-order valence-electron chi connectivity index (χ1n) is 22.4. The van der Waals surface area contributed by atoms with Gasteiger partial charge in [-0.05, 0) is 110 Å². The second-order valence-corrected chi connectivity index (χ2v) is 15.7. The summed E-state index contributed by atoms with van der Waals surface area (Å²) in [6, 6.07) is 22.8. The lowest BCUT2D eigenvalue weighted by molar-refractivity contribution is 0.0428. The number of nitrogens with zero attached hydrogens (tertiary/aromatic N) is 3. The number of hydrogen-bond acceptors (Lipinski definition) is 10. The minimum Gasteiger partial charge on any atom is -0.493 e. The zero-order valence-corrected chi connectivity index (χ0v) is 37.2. The Morgan fingerprint density at radius 3 is 1.08 bits per heavy atom. The lowest BCUT2D eigenvalue weighted by atomic mass is 10.0. The van der Waals surface area contributed by atoms with Crippen molar-refractivity contribution in [2.75, 3.05) is 35.8 Å². The van der Waals surface area contributed by atoms with E-state index in [1.807, 2.05) is 60.7 Å². The van der Waals surface area contributed by atoms with Crippen LogP contribution in [-0.4, -0.2) is 40.7 Å². The van der Waals surface area contributed by atoms with Crippen LogP contribution in [0.25, 0.3) is 11.5 Å². The highest BCUT2D eigenvalue weighted by Crippen LogP contribution is 2.26. The zero-order chi connectivity index (χ0) is 43.1. The van der Waals surface area contributed by atoms with Gasteiger partial charge in [0.25, 0.3) is 0 Å². The lowest BCUT2D eigenvalue weighted by Crippen LogP contribution is -2.14. The molecule has 0 bridgehead atoms. The molecule has 3 aromatic carbocycles. The molecule has 4 rings (SSSR count). The third kappa shape index (κ3) is 16.0. The fourth-order valence-corrected chi connectivity index (χ4v) is 6.67. The summed E-state index contributed by atoms with van der Waals surface area (Å²) in [5.41, 5.74) is 4.60. The van der Waals surface area contributed by atoms with Gasteiger partial charge < -0.3 is 30.2 Å². The van der Waals surface area contributed by atoms with Crippen LogP contribution in [0.1, 0.15) is 140 Å². The maximum Gasteiger partial charge on any atom is 0.338 e. The topological polar surface area (TPSA) is 120 Å². The van der Waals surface area contributed by atoms with Crippen molar-refractivity contribution in [3.63, 3.8) is 0 Å². The fourth-order valence-electron chi connectivity index (χ4n) is 6.67. The molecule has 0 aliphatic carbocycles. The van der Waals surface area contributed by atoms with Crippen LogP contribution in [0.3, 0.4) is 0 Å². The summed E-state index contributed by atoms with van der Waals surface area (Å²) >= 11 is 0. The normalized spacial score (nSPS) is 12.5. The van der Waals surface area contributed by atoms with Crippen LogP contribution in [0.5, 0.6) is 0 Å². The van der Waals surface area contributed by atoms with Crippen molar-refractivity contribution in [1.29, 1.82) is 0 Å². The van der Waals surface area contributed by atoms with E-state index in [9.17, 15) is 4.79 Å². The van der Waals surface area contributed by atoms with E-state index in [-0.39, 0.29) is 5.97 Å². The van der Waals surface area contributed by atoms with Gasteiger partial charge in [-0.15, -0.1) is 0 Å². The largest absolute Gasteiger partial charge is 0.493 e. The Balaban J connectivity index is 1.49. The fraction of sp³-hybridized carbons (Fsp3) is 0.480. The number of carbonyl (C=O) groups is 1. The molecule has 0 aliphatic heterocycles. The number of rotatable bonds is 29. The number of anilines is 6. The maximum absolute atomic E-state index is 12.9. The summed E-state index contributed by atoms with van der Waals surface area (Å²) in [6.07, 6.45) is 13.6. The summed E-state index contributed by atoms with van der Waals surface area (Å²) in [5, 5.41) is 9.95. The van der Waals surface area contributed by atoms with E-state index >= 15 is 0 Å². The Morgan fingerprint density at radius 1 is 0.483 bits per heavy atom. The molecule has 0 saturated heterocycles. The van der Waals surface area contributed by atoms with Crippen LogP contribution in [-0.2, 0) is 14.2 Å². The Bertz CT molecular complexity index is 1650. The Morgan fingerprint density at radius 2 is 0.783 bits per heavy atom. The van der Waals surface area contributed by atoms with Crippen molar-refractivity contribution >= 4 is 52.4 Å². The summed E-state index contributed by atoms with van der Waals surface area (Å²) in [6.45, 7) is 23.3. The van der Waals surface area contributed by atoms with E-state index in [2.05, 4.69) is 70.7 Å². The van der Waals surface area contributed by atoms with Crippen LogP contribution in [0.15, 0.2) is 86.0 Å². The Hall–Kier alpha value is -5.38. The lowest BCUT2D eigenvalue weighted by Gasteiger charge is -2.17. The smallest absolute Gasteiger partial charge is 0.338 e. The van der Waals surface area contributed by atoms with E-state index < -0.39 is 0 Å². The number of esters is 1. The monoisotopic (exact) mass is 819 g/mol. The molecule has 10 heteroatoms. The van der Waals surface area contributed by atoms with E-state index in [0.29, 0.717) is 78.2 Å². The molecule has 324 valence electrons. The summed E-state index contributed by atoms with van der Waals surface area (Å²) in [4.78, 5) is 27.0. The summed E-state index contributed by atoms with van der Waals surface area (Å²) in [7, 11) is 0. The van der Waals surface area contributed by atoms with Gasteiger partial charge in [0.05, 0.1) is 25.4 Å². The quantitative estimate of drug-likeness (QED) is 0.0361. The molecule has 1 heterocycles. The highest BCUT2D eigenvalue weighted by Gasteiger charge is 2.15. The number of benzene rings is 3. The number of nitrogens with one attached hydrogen (secondary N) is 3. The highest BCUT2D eigenvalue weighted by atomic mass is 16.5. The SMILES string of the molecule is C=C(OCC(CC)CCCC)c1ccc(Nc2nc(Nc3ccc(C(=C)OCC(CC)CCCC)cc3)nc(Nc3ccc(C(=O)OCC(CC)CCCC)cc3)n2)cc1. The molecule has 0 radical (unpaired) electrons. The number of aromatic nitrogens is 3. The molecular weight excluding hydrogens is 749 g/mol. The van der Waals surface area contributed by atoms with Crippen molar-refractivity contribution < 1.29 is 19.0 Å². The van der Waals surface area contributed by atoms with Crippen LogP contribution in [0.2, 0.25) is 0 Å². The predicted octanol–water partition coefficient (Wildman–Crippen LogP) is 13.9. The molecular formula is C50H70N6O4.